The molecule has 0 bridgehead atoms. The molecule has 0 saturated heterocycles. The topological polar surface area (TPSA) is 38.1 Å². The molecular weight excluding hydrogens is 186 g/mol. The van der Waals surface area contributed by atoms with Gasteiger partial charge in [0.25, 0.3) is 0 Å². The lowest BCUT2D eigenvalue weighted by molar-refractivity contribution is 1.18. The fraction of sp³-hybridized carbons (Fsp3) is 0.0833. The summed E-state index contributed by atoms with van der Waals surface area (Å²) >= 11 is 0. The predicted octanol–water partition coefficient (Wildman–Crippen LogP) is 2.54. The molecule has 0 N–H and O–H groups in total. The van der Waals surface area contributed by atoms with Crippen LogP contribution < -0.4 is 0 Å². The Morgan fingerprint density at radius 3 is 2.80 bits per heavy atom. The molecule has 0 aliphatic carbocycles. The monoisotopic (exact) mass is 197 g/mol. The molecule has 0 unspecified atom stereocenters. The highest BCUT2D eigenvalue weighted by Crippen LogP contribution is 2.07. The van der Waals surface area contributed by atoms with E-state index in [0.717, 1.165) is 5.56 Å². The van der Waals surface area contributed by atoms with E-state index in [0.29, 0.717) is 5.82 Å². The van der Waals surface area contributed by atoms with Crippen LogP contribution in [0.5, 0.6) is 0 Å². The maximum atomic E-state index is 4.24. The van der Waals surface area contributed by atoms with Gasteiger partial charge in [-0.1, -0.05) is 24.3 Å². The Labute approximate surface area is 88.6 Å². The third kappa shape index (κ3) is 2.47. The largest absolute Gasteiger partial charge is 0.259 e. The Bertz CT molecular complexity index is 463. The van der Waals surface area contributed by atoms with Gasteiger partial charge in [0, 0.05) is 18.6 Å². The van der Waals surface area contributed by atoms with E-state index in [1.165, 1.54) is 5.56 Å². The van der Waals surface area contributed by atoms with Crippen molar-refractivity contribution < 1.29 is 0 Å². The molecule has 0 fully saturated rings. The van der Waals surface area contributed by atoms with Crippen LogP contribution in [0.2, 0.25) is 0 Å². The van der Waals surface area contributed by atoms with Crippen molar-refractivity contribution in [2.24, 2.45) is 4.99 Å². The molecule has 0 amide bonds. The minimum absolute atomic E-state index is 0.626. The van der Waals surface area contributed by atoms with Crippen molar-refractivity contribution >= 4 is 12.0 Å². The molecule has 1 heterocycles. The van der Waals surface area contributed by atoms with Crippen LogP contribution in [-0.2, 0) is 0 Å². The molecule has 1 aromatic heterocycles. The molecular formula is C12H11N3. The zero-order valence-corrected chi connectivity index (χ0v) is 8.46. The quantitative estimate of drug-likeness (QED) is 0.694. The first kappa shape index (κ1) is 9.52. The first-order valence-electron chi connectivity index (χ1n) is 4.72. The van der Waals surface area contributed by atoms with Gasteiger partial charge in [0.2, 0.25) is 0 Å². The molecule has 0 aliphatic heterocycles. The number of hydrogen-bond donors (Lipinski definition) is 0. The fourth-order valence-corrected chi connectivity index (χ4v) is 1.23. The van der Waals surface area contributed by atoms with Gasteiger partial charge in [-0.3, -0.25) is 4.98 Å². The Morgan fingerprint density at radius 2 is 2.07 bits per heavy atom. The van der Waals surface area contributed by atoms with Crippen molar-refractivity contribution in [1.82, 2.24) is 9.97 Å². The van der Waals surface area contributed by atoms with E-state index in [-0.39, 0.29) is 0 Å². The SMILES string of the molecule is Cc1ccccc1C=Nc1cnccn1. The molecule has 0 radical (unpaired) electrons. The van der Waals surface area contributed by atoms with Crippen molar-refractivity contribution in [2.75, 3.05) is 0 Å². The minimum Gasteiger partial charge on any atom is -0.259 e. The molecule has 15 heavy (non-hydrogen) atoms. The number of aliphatic imine (C=N–C) groups is 1. The van der Waals surface area contributed by atoms with Crippen molar-refractivity contribution in [1.29, 1.82) is 0 Å². The van der Waals surface area contributed by atoms with Crippen molar-refractivity contribution in [3.63, 3.8) is 0 Å². The maximum Gasteiger partial charge on any atom is 0.170 e. The number of hydrogen-bond acceptors (Lipinski definition) is 3. The number of rotatable bonds is 2. The van der Waals surface area contributed by atoms with Gasteiger partial charge in [0.05, 0.1) is 6.20 Å². The average molecular weight is 197 g/mol. The Kier molecular flexibility index (Phi) is 2.83. The van der Waals surface area contributed by atoms with Gasteiger partial charge in [-0.05, 0) is 18.1 Å². The van der Waals surface area contributed by atoms with Gasteiger partial charge >= 0.3 is 0 Å². The zero-order valence-electron chi connectivity index (χ0n) is 8.46. The van der Waals surface area contributed by atoms with Gasteiger partial charge in [-0.2, -0.15) is 0 Å². The summed E-state index contributed by atoms with van der Waals surface area (Å²) in [5.74, 6) is 0.626. The van der Waals surface area contributed by atoms with Crippen LogP contribution in [0.1, 0.15) is 11.1 Å². The number of aromatic nitrogens is 2. The summed E-state index contributed by atoms with van der Waals surface area (Å²) in [7, 11) is 0. The van der Waals surface area contributed by atoms with Crippen LogP contribution in [0.25, 0.3) is 0 Å². The molecule has 2 aromatic rings. The lowest BCUT2D eigenvalue weighted by atomic mass is 10.1. The van der Waals surface area contributed by atoms with E-state index in [4.69, 9.17) is 0 Å². The highest BCUT2D eigenvalue weighted by atomic mass is 14.9. The van der Waals surface area contributed by atoms with Crippen LogP contribution in [-0.4, -0.2) is 16.2 Å². The standard InChI is InChI=1S/C12H11N3/c1-10-4-2-3-5-11(10)8-15-12-9-13-6-7-14-12/h2-9H,1H3. The van der Waals surface area contributed by atoms with E-state index in [1.54, 1.807) is 24.8 Å². The molecule has 1 aromatic carbocycles. The van der Waals surface area contributed by atoms with E-state index in [1.807, 2.05) is 18.2 Å². The Balaban J connectivity index is 2.23. The third-order valence-electron chi connectivity index (χ3n) is 2.07. The fourth-order valence-electron chi connectivity index (χ4n) is 1.23. The second kappa shape index (κ2) is 4.46. The van der Waals surface area contributed by atoms with Gasteiger partial charge < -0.3 is 0 Å². The summed E-state index contributed by atoms with van der Waals surface area (Å²) in [6, 6.07) is 8.08. The molecule has 74 valence electrons. The molecule has 3 heteroatoms. The van der Waals surface area contributed by atoms with Crippen LogP contribution in [0, 0.1) is 6.92 Å². The summed E-state index contributed by atoms with van der Waals surface area (Å²) in [5.41, 5.74) is 2.30. The Hall–Kier alpha value is -2.03. The molecule has 0 atom stereocenters. The normalized spacial score (nSPS) is 10.7. The minimum atomic E-state index is 0.626. The molecule has 3 nitrogen and oxygen atoms in total. The molecule has 0 saturated carbocycles. The summed E-state index contributed by atoms with van der Waals surface area (Å²) in [6.45, 7) is 2.05. The molecule has 2 rings (SSSR count). The van der Waals surface area contributed by atoms with E-state index < -0.39 is 0 Å². The highest BCUT2D eigenvalue weighted by molar-refractivity contribution is 5.83. The smallest absolute Gasteiger partial charge is 0.170 e. The van der Waals surface area contributed by atoms with Crippen LogP contribution in [0.15, 0.2) is 47.8 Å². The first-order chi connectivity index (χ1) is 7.36. The third-order valence-corrected chi connectivity index (χ3v) is 2.07. The number of nitrogens with zero attached hydrogens (tertiary/aromatic N) is 3. The molecule has 0 spiro atoms. The van der Waals surface area contributed by atoms with Crippen LogP contribution in [0.3, 0.4) is 0 Å². The van der Waals surface area contributed by atoms with Crippen LogP contribution >= 0.6 is 0 Å². The van der Waals surface area contributed by atoms with E-state index in [2.05, 4.69) is 28.0 Å². The lowest BCUT2D eigenvalue weighted by Crippen LogP contribution is -1.85. The average Bonchev–Trinajstić information content (AvgIpc) is 2.29. The Morgan fingerprint density at radius 1 is 1.20 bits per heavy atom. The van der Waals surface area contributed by atoms with Crippen molar-refractivity contribution in [2.45, 2.75) is 6.92 Å². The van der Waals surface area contributed by atoms with Gasteiger partial charge in [0.1, 0.15) is 0 Å². The predicted molar refractivity (Wildman–Crippen MR) is 60.5 cm³/mol. The maximum absolute atomic E-state index is 4.24. The van der Waals surface area contributed by atoms with E-state index in [9.17, 15) is 0 Å². The zero-order chi connectivity index (χ0) is 10.5. The summed E-state index contributed by atoms with van der Waals surface area (Å²) < 4.78 is 0. The highest BCUT2D eigenvalue weighted by Gasteiger charge is 1.92. The van der Waals surface area contributed by atoms with Gasteiger partial charge in [0.15, 0.2) is 5.82 Å². The van der Waals surface area contributed by atoms with Gasteiger partial charge in [-0.15, -0.1) is 0 Å². The van der Waals surface area contributed by atoms with Crippen molar-refractivity contribution in [3.05, 3.63) is 54.0 Å². The first-order valence-corrected chi connectivity index (χ1v) is 4.72. The number of aryl methyl sites for hydroxylation is 1. The second-order valence-corrected chi connectivity index (χ2v) is 3.18. The van der Waals surface area contributed by atoms with E-state index >= 15 is 0 Å². The van der Waals surface area contributed by atoms with Crippen LogP contribution in [0.4, 0.5) is 5.82 Å². The summed E-state index contributed by atoms with van der Waals surface area (Å²) in [6.07, 6.45) is 6.70. The summed E-state index contributed by atoms with van der Waals surface area (Å²) in [4.78, 5) is 12.2. The lowest BCUT2D eigenvalue weighted by Gasteiger charge is -1.97. The number of benzene rings is 1. The molecule has 0 aliphatic rings. The van der Waals surface area contributed by atoms with Gasteiger partial charge in [-0.25, -0.2) is 9.98 Å². The second-order valence-electron chi connectivity index (χ2n) is 3.18. The summed E-state index contributed by atoms with van der Waals surface area (Å²) in [5, 5.41) is 0. The van der Waals surface area contributed by atoms with Crippen molar-refractivity contribution in [3.8, 4) is 0 Å².